The Labute approximate surface area is 108 Å². The molecule has 6 heteroatoms. The van der Waals surface area contributed by atoms with Crippen molar-refractivity contribution in [2.75, 3.05) is 13.7 Å². The predicted octanol–water partition coefficient (Wildman–Crippen LogP) is 1.19. The predicted molar refractivity (Wildman–Crippen MR) is 67.5 cm³/mol. The second-order valence-corrected chi connectivity index (χ2v) is 7.59. The number of carbonyl (C=O) groups excluding carboxylic acids is 1. The molecule has 0 unspecified atom stereocenters. The number of rotatable bonds is 6. The van der Waals surface area contributed by atoms with Crippen LogP contribution in [0.15, 0.2) is 0 Å². The quantitative estimate of drug-likeness (QED) is 0.739. The molecule has 2 aliphatic rings. The molecular weight excluding hydrogens is 254 g/mol. The van der Waals surface area contributed by atoms with Gasteiger partial charge in [0.15, 0.2) is 4.75 Å². The van der Waals surface area contributed by atoms with Crippen LogP contribution in [0.1, 0.15) is 45.4 Å². The molecule has 0 spiro atoms. The molecule has 0 heterocycles. The van der Waals surface area contributed by atoms with Crippen LogP contribution in [-0.4, -0.2) is 32.8 Å². The standard InChI is InChI=1S/C12H21NO4S/c1-3-11(7-8-11)9-13-18(15,16)12(5-4-6-12)10(14)17-2/h13H,3-9H2,1-2H3. The summed E-state index contributed by atoms with van der Waals surface area (Å²) in [5.74, 6) is -0.623. The molecule has 104 valence electrons. The number of sulfonamides is 1. The summed E-state index contributed by atoms with van der Waals surface area (Å²) in [6.07, 6.45) is 4.60. The first-order valence-electron chi connectivity index (χ1n) is 6.49. The smallest absolute Gasteiger partial charge is 0.328 e. The maximum absolute atomic E-state index is 12.3. The third kappa shape index (κ3) is 2.05. The summed E-state index contributed by atoms with van der Waals surface area (Å²) in [5, 5.41) is 0. The highest BCUT2D eigenvalue weighted by molar-refractivity contribution is 7.91. The average molecular weight is 275 g/mol. The molecule has 0 bridgehead atoms. The van der Waals surface area contributed by atoms with Crippen LogP contribution in [0.5, 0.6) is 0 Å². The maximum atomic E-state index is 12.3. The van der Waals surface area contributed by atoms with Crippen molar-refractivity contribution in [3.8, 4) is 0 Å². The van der Waals surface area contributed by atoms with Crippen molar-refractivity contribution in [1.82, 2.24) is 4.72 Å². The number of esters is 1. The van der Waals surface area contributed by atoms with Crippen LogP contribution in [0, 0.1) is 5.41 Å². The number of carbonyl (C=O) groups is 1. The molecule has 18 heavy (non-hydrogen) atoms. The van der Waals surface area contributed by atoms with Crippen molar-refractivity contribution in [2.45, 2.75) is 50.2 Å². The van der Waals surface area contributed by atoms with Crippen molar-refractivity contribution < 1.29 is 17.9 Å². The van der Waals surface area contributed by atoms with Crippen LogP contribution in [0.2, 0.25) is 0 Å². The van der Waals surface area contributed by atoms with Gasteiger partial charge in [-0.3, -0.25) is 4.79 Å². The second-order valence-electron chi connectivity index (χ2n) is 5.52. The number of ether oxygens (including phenoxy) is 1. The second kappa shape index (κ2) is 4.49. The SMILES string of the molecule is CCC1(CNS(=O)(=O)C2(C(=O)OC)CCC2)CC1. The molecule has 0 amide bonds. The molecule has 0 atom stereocenters. The van der Waals surface area contributed by atoms with E-state index in [9.17, 15) is 13.2 Å². The minimum absolute atomic E-state index is 0.133. The van der Waals surface area contributed by atoms with Crippen LogP contribution in [-0.2, 0) is 19.6 Å². The summed E-state index contributed by atoms with van der Waals surface area (Å²) in [5.41, 5.74) is 0.133. The summed E-state index contributed by atoms with van der Waals surface area (Å²) in [6.45, 7) is 2.52. The van der Waals surface area contributed by atoms with E-state index in [2.05, 4.69) is 16.4 Å². The molecule has 0 radical (unpaired) electrons. The monoisotopic (exact) mass is 275 g/mol. The zero-order chi connectivity index (χ0) is 13.4. The van der Waals surface area contributed by atoms with E-state index in [-0.39, 0.29) is 5.41 Å². The topological polar surface area (TPSA) is 72.5 Å². The van der Waals surface area contributed by atoms with E-state index in [0.29, 0.717) is 19.4 Å². The van der Waals surface area contributed by atoms with E-state index >= 15 is 0 Å². The minimum Gasteiger partial charge on any atom is -0.468 e. The van der Waals surface area contributed by atoms with E-state index < -0.39 is 20.7 Å². The fourth-order valence-corrected chi connectivity index (χ4v) is 4.39. The average Bonchev–Trinajstić information content (AvgIpc) is 3.05. The van der Waals surface area contributed by atoms with Crippen LogP contribution in [0.3, 0.4) is 0 Å². The van der Waals surface area contributed by atoms with Gasteiger partial charge in [-0.05, 0) is 43.9 Å². The Bertz CT molecular complexity index is 435. The third-order valence-corrected chi connectivity index (χ3v) is 6.71. The Morgan fingerprint density at radius 2 is 1.89 bits per heavy atom. The van der Waals surface area contributed by atoms with Crippen molar-refractivity contribution in [3.05, 3.63) is 0 Å². The Morgan fingerprint density at radius 3 is 2.22 bits per heavy atom. The molecule has 1 N–H and O–H groups in total. The van der Waals surface area contributed by atoms with Crippen LogP contribution in [0.25, 0.3) is 0 Å². The lowest BCUT2D eigenvalue weighted by atomic mass is 9.84. The highest BCUT2D eigenvalue weighted by Crippen LogP contribution is 2.48. The first-order chi connectivity index (χ1) is 8.41. The summed E-state index contributed by atoms with van der Waals surface area (Å²) in [4.78, 5) is 11.7. The summed E-state index contributed by atoms with van der Waals surface area (Å²) < 4.78 is 30.6. The summed E-state index contributed by atoms with van der Waals surface area (Å²) in [7, 11) is -2.38. The molecule has 2 saturated carbocycles. The van der Waals surface area contributed by atoms with Gasteiger partial charge in [-0.15, -0.1) is 0 Å². The first-order valence-corrected chi connectivity index (χ1v) is 7.97. The van der Waals surface area contributed by atoms with Gasteiger partial charge in [0.25, 0.3) is 0 Å². The molecule has 0 aromatic heterocycles. The molecule has 2 aliphatic carbocycles. The molecule has 0 aliphatic heterocycles. The van der Waals surface area contributed by atoms with Crippen molar-refractivity contribution >= 4 is 16.0 Å². The van der Waals surface area contributed by atoms with Gasteiger partial charge in [0.2, 0.25) is 10.0 Å². The van der Waals surface area contributed by atoms with Gasteiger partial charge in [-0.2, -0.15) is 0 Å². The van der Waals surface area contributed by atoms with Crippen LogP contribution < -0.4 is 4.72 Å². The van der Waals surface area contributed by atoms with Gasteiger partial charge in [0.05, 0.1) is 7.11 Å². The summed E-state index contributed by atoms with van der Waals surface area (Å²) in [6, 6.07) is 0. The number of nitrogens with one attached hydrogen (secondary N) is 1. The summed E-state index contributed by atoms with van der Waals surface area (Å²) >= 11 is 0. The van der Waals surface area contributed by atoms with Crippen LogP contribution in [0.4, 0.5) is 0 Å². The van der Waals surface area contributed by atoms with Gasteiger partial charge in [-0.25, -0.2) is 13.1 Å². The molecule has 0 saturated heterocycles. The molecule has 0 aromatic rings. The Morgan fingerprint density at radius 1 is 1.28 bits per heavy atom. The molecule has 2 rings (SSSR count). The Kier molecular flexibility index (Phi) is 3.44. The number of hydrogen-bond donors (Lipinski definition) is 1. The molecular formula is C12H21NO4S. The maximum Gasteiger partial charge on any atom is 0.328 e. The van der Waals surface area contributed by atoms with Crippen molar-refractivity contribution in [2.24, 2.45) is 5.41 Å². The minimum atomic E-state index is -3.62. The Balaban J connectivity index is 2.07. The number of hydrogen-bond acceptors (Lipinski definition) is 4. The molecule has 0 aromatic carbocycles. The lowest BCUT2D eigenvalue weighted by Gasteiger charge is -2.38. The Hall–Kier alpha value is -0.620. The lowest BCUT2D eigenvalue weighted by Crippen LogP contribution is -2.57. The zero-order valence-corrected chi connectivity index (χ0v) is 11.8. The fraction of sp³-hybridized carbons (Fsp3) is 0.917. The van der Waals surface area contributed by atoms with E-state index in [4.69, 9.17) is 0 Å². The third-order valence-electron chi connectivity index (χ3n) is 4.58. The van der Waals surface area contributed by atoms with E-state index in [0.717, 1.165) is 25.7 Å². The van der Waals surface area contributed by atoms with E-state index in [1.165, 1.54) is 7.11 Å². The number of methoxy groups -OCH3 is 1. The van der Waals surface area contributed by atoms with E-state index in [1.807, 2.05) is 0 Å². The lowest BCUT2D eigenvalue weighted by molar-refractivity contribution is -0.146. The van der Waals surface area contributed by atoms with Gasteiger partial charge in [0, 0.05) is 6.54 Å². The highest BCUT2D eigenvalue weighted by Gasteiger charge is 2.57. The van der Waals surface area contributed by atoms with Gasteiger partial charge >= 0.3 is 5.97 Å². The van der Waals surface area contributed by atoms with Crippen molar-refractivity contribution in [3.63, 3.8) is 0 Å². The van der Waals surface area contributed by atoms with Crippen molar-refractivity contribution in [1.29, 1.82) is 0 Å². The molecule has 5 nitrogen and oxygen atoms in total. The van der Waals surface area contributed by atoms with Gasteiger partial charge in [-0.1, -0.05) is 6.92 Å². The zero-order valence-electron chi connectivity index (χ0n) is 11.0. The first kappa shape index (κ1) is 13.8. The van der Waals surface area contributed by atoms with Crippen LogP contribution >= 0.6 is 0 Å². The fourth-order valence-electron chi connectivity index (χ4n) is 2.48. The molecule has 2 fully saturated rings. The van der Waals surface area contributed by atoms with Gasteiger partial charge < -0.3 is 4.74 Å². The highest BCUT2D eigenvalue weighted by atomic mass is 32.2. The largest absolute Gasteiger partial charge is 0.468 e. The van der Waals surface area contributed by atoms with E-state index in [1.54, 1.807) is 0 Å². The normalized spacial score (nSPS) is 24.1. The van der Waals surface area contributed by atoms with Gasteiger partial charge in [0.1, 0.15) is 0 Å².